The maximum Gasteiger partial charge on any atom is 0.230 e. The number of rotatable bonds is 7. The van der Waals surface area contributed by atoms with E-state index >= 15 is 0 Å². The number of nitrogens with one attached hydrogen (secondary N) is 1. The number of amides is 1. The lowest BCUT2D eigenvalue weighted by Gasteiger charge is -2.06. The van der Waals surface area contributed by atoms with Gasteiger partial charge in [0.1, 0.15) is 5.82 Å². The van der Waals surface area contributed by atoms with Crippen molar-refractivity contribution >= 4 is 28.6 Å². The Labute approximate surface area is 179 Å². The Bertz CT molecular complexity index is 1150. The van der Waals surface area contributed by atoms with Gasteiger partial charge >= 0.3 is 0 Å². The van der Waals surface area contributed by atoms with Gasteiger partial charge in [0.05, 0.1) is 5.75 Å². The molecule has 1 heterocycles. The van der Waals surface area contributed by atoms with Crippen molar-refractivity contribution in [2.45, 2.75) is 24.9 Å². The summed E-state index contributed by atoms with van der Waals surface area (Å²) in [5.41, 5.74) is 4.53. The number of hydrogen-bond acceptors (Lipinski definition) is 2. The van der Waals surface area contributed by atoms with Crippen LogP contribution < -0.4 is 5.32 Å². The fourth-order valence-electron chi connectivity index (χ4n) is 3.35. The maximum absolute atomic E-state index is 13.0. The van der Waals surface area contributed by atoms with E-state index in [0.29, 0.717) is 12.3 Å². The summed E-state index contributed by atoms with van der Waals surface area (Å²) in [5.74, 6) is 0.0158. The van der Waals surface area contributed by atoms with Gasteiger partial charge in [0.15, 0.2) is 0 Å². The van der Waals surface area contributed by atoms with Gasteiger partial charge in [-0.1, -0.05) is 60.2 Å². The molecule has 0 aliphatic carbocycles. The van der Waals surface area contributed by atoms with Crippen molar-refractivity contribution in [2.24, 2.45) is 0 Å². The van der Waals surface area contributed by atoms with Gasteiger partial charge in [-0.3, -0.25) is 4.79 Å². The zero-order chi connectivity index (χ0) is 20.9. The van der Waals surface area contributed by atoms with Crippen LogP contribution in [0.4, 0.5) is 4.39 Å². The molecule has 5 heteroatoms. The van der Waals surface area contributed by atoms with Crippen LogP contribution in [-0.4, -0.2) is 16.2 Å². The third kappa shape index (κ3) is 4.92. The molecule has 1 N–H and O–H groups in total. The van der Waals surface area contributed by atoms with Gasteiger partial charge in [0.25, 0.3) is 0 Å². The second-order valence-corrected chi connectivity index (χ2v) is 8.33. The van der Waals surface area contributed by atoms with Gasteiger partial charge in [-0.15, -0.1) is 11.8 Å². The fraction of sp³-hybridized carbons (Fsp3) is 0.160. The minimum atomic E-state index is -0.275. The minimum absolute atomic E-state index is 0.0420. The predicted molar refractivity (Wildman–Crippen MR) is 121 cm³/mol. The van der Waals surface area contributed by atoms with Crippen LogP contribution in [0, 0.1) is 12.7 Å². The first kappa shape index (κ1) is 20.2. The van der Waals surface area contributed by atoms with Crippen LogP contribution in [0.25, 0.3) is 10.9 Å². The number of fused-ring (bicyclic) bond motifs is 1. The third-order valence-electron chi connectivity index (χ3n) is 4.99. The lowest BCUT2D eigenvalue weighted by Crippen LogP contribution is -2.24. The van der Waals surface area contributed by atoms with E-state index in [2.05, 4.69) is 59.4 Å². The van der Waals surface area contributed by atoms with E-state index in [-0.39, 0.29) is 11.7 Å². The number of thioether (sulfide) groups is 1. The molecule has 1 amide bonds. The highest BCUT2D eigenvalue weighted by Crippen LogP contribution is 2.30. The first-order valence-corrected chi connectivity index (χ1v) is 10.8. The largest absolute Gasteiger partial charge is 0.351 e. The normalized spacial score (nSPS) is 11.0. The molecule has 0 radical (unpaired) electrons. The lowest BCUT2D eigenvalue weighted by molar-refractivity contribution is -0.118. The predicted octanol–water partition coefficient (Wildman–Crippen LogP) is 5.55. The van der Waals surface area contributed by atoms with Crippen molar-refractivity contribution in [3.05, 3.63) is 102 Å². The Kier molecular flexibility index (Phi) is 6.19. The summed E-state index contributed by atoms with van der Waals surface area (Å²) in [4.78, 5) is 13.4. The van der Waals surface area contributed by atoms with Crippen molar-refractivity contribution in [1.82, 2.24) is 9.88 Å². The van der Waals surface area contributed by atoms with Gasteiger partial charge in [-0.05, 0) is 36.2 Å². The van der Waals surface area contributed by atoms with Gasteiger partial charge < -0.3 is 9.88 Å². The number of carbonyl (C=O) groups excluding carboxylic acids is 1. The van der Waals surface area contributed by atoms with E-state index in [0.717, 1.165) is 27.9 Å². The molecule has 4 aromatic rings. The number of para-hydroxylation sites is 1. The summed E-state index contributed by atoms with van der Waals surface area (Å²) in [6, 6.07) is 23.0. The molecule has 152 valence electrons. The van der Waals surface area contributed by atoms with Crippen LogP contribution in [0.15, 0.2) is 83.9 Å². The molecular formula is C25H23FN2OS. The smallest absolute Gasteiger partial charge is 0.230 e. The minimum Gasteiger partial charge on any atom is -0.351 e. The first-order valence-electron chi connectivity index (χ1n) is 9.86. The number of aromatic nitrogens is 1. The van der Waals surface area contributed by atoms with E-state index in [1.54, 1.807) is 12.1 Å². The summed E-state index contributed by atoms with van der Waals surface area (Å²) in [7, 11) is 0. The second kappa shape index (κ2) is 9.18. The monoisotopic (exact) mass is 418 g/mol. The Morgan fingerprint density at radius 1 is 0.967 bits per heavy atom. The Morgan fingerprint density at radius 2 is 1.67 bits per heavy atom. The fourth-order valence-corrected chi connectivity index (χ4v) is 4.26. The molecule has 3 nitrogen and oxygen atoms in total. The first-order chi connectivity index (χ1) is 14.6. The van der Waals surface area contributed by atoms with Crippen molar-refractivity contribution in [3.63, 3.8) is 0 Å². The van der Waals surface area contributed by atoms with E-state index < -0.39 is 0 Å². The van der Waals surface area contributed by atoms with Crippen LogP contribution in [0.2, 0.25) is 0 Å². The molecule has 0 saturated heterocycles. The average Bonchev–Trinajstić information content (AvgIpc) is 3.11. The number of hydrogen-bond donors (Lipinski definition) is 1. The molecule has 0 atom stereocenters. The van der Waals surface area contributed by atoms with Crippen LogP contribution in [0.1, 0.15) is 16.7 Å². The summed E-state index contributed by atoms with van der Waals surface area (Å²) in [6.07, 6.45) is 2.13. The lowest BCUT2D eigenvalue weighted by atomic mass is 10.1. The SMILES string of the molecule is Cc1ccc(Cn2cc(SCC(=O)NCc3ccc(F)cc3)c3ccccc32)cc1. The Balaban J connectivity index is 1.43. The van der Waals surface area contributed by atoms with Crippen molar-refractivity contribution in [1.29, 1.82) is 0 Å². The number of aryl methyl sites for hydroxylation is 1. The number of benzene rings is 3. The number of nitrogens with zero attached hydrogens (tertiary/aromatic N) is 1. The van der Waals surface area contributed by atoms with E-state index in [1.165, 1.54) is 35.0 Å². The Morgan fingerprint density at radius 3 is 2.43 bits per heavy atom. The maximum atomic E-state index is 13.0. The van der Waals surface area contributed by atoms with E-state index in [9.17, 15) is 9.18 Å². The van der Waals surface area contributed by atoms with Gasteiger partial charge in [0.2, 0.25) is 5.91 Å². The zero-order valence-electron chi connectivity index (χ0n) is 16.8. The summed E-state index contributed by atoms with van der Waals surface area (Å²) >= 11 is 1.54. The molecule has 0 fully saturated rings. The van der Waals surface area contributed by atoms with Crippen molar-refractivity contribution in [2.75, 3.05) is 5.75 Å². The number of halogens is 1. The molecular weight excluding hydrogens is 395 g/mol. The highest BCUT2D eigenvalue weighted by molar-refractivity contribution is 8.00. The molecule has 0 bridgehead atoms. The van der Waals surface area contributed by atoms with Gasteiger partial charge in [0, 0.05) is 35.1 Å². The van der Waals surface area contributed by atoms with Crippen LogP contribution in [-0.2, 0) is 17.9 Å². The van der Waals surface area contributed by atoms with E-state index in [4.69, 9.17) is 0 Å². The highest BCUT2D eigenvalue weighted by atomic mass is 32.2. The molecule has 3 aromatic carbocycles. The molecule has 0 aliphatic heterocycles. The molecule has 4 rings (SSSR count). The number of carbonyl (C=O) groups is 1. The molecule has 0 saturated carbocycles. The molecule has 1 aromatic heterocycles. The van der Waals surface area contributed by atoms with Crippen LogP contribution in [0.5, 0.6) is 0 Å². The third-order valence-corrected chi connectivity index (χ3v) is 6.03. The Hall–Kier alpha value is -3.05. The summed E-state index contributed by atoms with van der Waals surface area (Å²) < 4.78 is 15.2. The quantitative estimate of drug-likeness (QED) is 0.400. The van der Waals surface area contributed by atoms with Crippen molar-refractivity contribution in [3.8, 4) is 0 Å². The second-order valence-electron chi connectivity index (χ2n) is 7.32. The van der Waals surface area contributed by atoms with Crippen LogP contribution in [0.3, 0.4) is 0 Å². The van der Waals surface area contributed by atoms with E-state index in [1.807, 2.05) is 12.1 Å². The topological polar surface area (TPSA) is 34.0 Å². The average molecular weight is 419 g/mol. The molecule has 30 heavy (non-hydrogen) atoms. The molecule has 0 spiro atoms. The standard InChI is InChI=1S/C25H23FN2OS/c1-18-6-8-20(9-7-18)15-28-16-24(22-4-2-3-5-23(22)28)30-17-25(29)27-14-19-10-12-21(26)13-11-19/h2-13,16H,14-15,17H2,1H3,(H,27,29). The van der Waals surface area contributed by atoms with Crippen LogP contribution >= 0.6 is 11.8 Å². The summed E-state index contributed by atoms with van der Waals surface area (Å²) in [6.45, 7) is 3.28. The summed E-state index contributed by atoms with van der Waals surface area (Å²) in [5, 5.41) is 4.05. The van der Waals surface area contributed by atoms with Gasteiger partial charge in [-0.25, -0.2) is 4.39 Å². The zero-order valence-corrected chi connectivity index (χ0v) is 17.6. The molecule has 0 aliphatic rings. The molecule has 0 unspecified atom stereocenters. The van der Waals surface area contributed by atoms with Gasteiger partial charge in [-0.2, -0.15) is 0 Å². The van der Waals surface area contributed by atoms with Crippen molar-refractivity contribution < 1.29 is 9.18 Å². The highest BCUT2D eigenvalue weighted by Gasteiger charge is 2.11.